The van der Waals surface area contributed by atoms with Crippen LogP contribution in [0.15, 0.2) is 18.2 Å². The van der Waals surface area contributed by atoms with Crippen LogP contribution in [0.2, 0.25) is 5.02 Å². The molecule has 2 atom stereocenters. The first kappa shape index (κ1) is 12.4. The molecule has 2 N–H and O–H groups in total. The van der Waals surface area contributed by atoms with E-state index in [1.54, 1.807) is 19.1 Å². The van der Waals surface area contributed by atoms with E-state index in [0.29, 0.717) is 12.0 Å². The molecule has 0 radical (unpaired) electrons. The molecule has 1 aromatic carbocycles. The Bertz CT molecular complexity index is 330. The third-order valence-corrected chi connectivity index (χ3v) is 2.61. The fourth-order valence-electron chi connectivity index (χ4n) is 1.34. The van der Waals surface area contributed by atoms with Gasteiger partial charge in [-0.1, -0.05) is 30.7 Å². The number of aliphatic hydroxyl groups is 2. The maximum atomic E-state index is 13.4. The van der Waals surface area contributed by atoms with Gasteiger partial charge in [-0.2, -0.15) is 0 Å². The second kappa shape index (κ2) is 5.45. The van der Waals surface area contributed by atoms with Crippen LogP contribution in [-0.4, -0.2) is 22.4 Å². The minimum atomic E-state index is -0.956. The van der Waals surface area contributed by atoms with Crippen LogP contribution in [0.1, 0.15) is 18.9 Å². The first-order valence-electron chi connectivity index (χ1n) is 4.85. The Balaban J connectivity index is 2.76. The zero-order chi connectivity index (χ0) is 11.4. The summed E-state index contributed by atoms with van der Waals surface area (Å²) in [7, 11) is 0. The van der Waals surface area contributed by atoms with Crippen molar-refractivity contribution < 1.29 is 14.6 Å². The topological polar surface area (TPSA) is 40.5 Å². The number of hydrogen-bond acceptors (Lipinski definition) is 2. The molecule has 0 aliphatic rings. The van der Waals surface area contributed by atoms with E-state index < -0.39 is 18.0 Å². The fourth-order valence-corrected chi connectivity index (χ4v) is 1.53. The summed E-state index contributed by atoms with van der Waals surface area (Å²) in [5.41, 5.74) is 0.322. The van der Waals surface area contributed by atoms with Crippen LogP contribution in [0.3, 0.4) is 0 Å². The molecule has 0 aliphatic heterocycles. The highest BCUT2D eigenvalue weighted by atomic mass is 35.5. The smallest absolute Gasteiger partial charge is 0.145 e. The molecule has 1 rings (SSSR count). The van der Waals surface area contributed by atoms with E-state index in [9.17, 15) is 14.6 Å². The largest absolute Gasteiger partial charge is 0.390 e. The molecule has 84 valence electrons. The van der Waals surface area contributed by atoms with Gasteiger partial charge in [-0.05, 0) is 18.1 Å². The third kappa shape index (κ3) is 3.16. The predicted octanol–water partition coefficient (Wildman–Crippen LogP) is 2.15. The van der Waals surface area contributed by atoms with E-state index in [1.165, 1.54) is 6.07 Å². The first-order valence-corrected chi connectivity index (χ1v) is 5.23. The average molecular weight is 233 g/mol. The minimum Gasteiger partial charge on any atom is -0.390 e. The molecule has 0 heterocycles. The molecule has 2 nitrogen and oxygen atoms in total. The Morgan fingerprint density at radius 3 is 2.60 bits per heavy atom. The van der Waals surface area contributed by atoms with E-state index in [0.717, 1.165) is 0 Å². The molecule has 0 aromatic heterocycles. The van der Waals surface area contributed by atoms with Gasteiger partial charge in [0.25, 0.3) is 0 Å². The van der Waals surface area contributed by atoms with Gasteiger partial charge in [-0.15, -0.1) is 0 Å². The Labute approximate surface area is 93.3 Å². The number of rotatable bonds is 4. The van der Waals surface area contributed by atoms with Crippen molar-refractivity contribution in [2.75, 3.05) is 0 Å². The molecule has 15 heavy (non-hydrogen) atoms. The monoisotopic (exact) mass is 232 g/mol. The lowest BCUT2D eigenvalue weighted by Crippen LogP contribution is -2.27. The lowest BCUT2D eigenvalue weighted by molar-refractivity contribution is 0.0177. The minimum absolute atomic E-state index is 0.0330. The van der Waals surface area contributed by atoms with E-state index in [2.05, 4.69) is 0 Å². The number of benzene rings is 1. The van der Waals surface area contributed by atoms with Crippen LogP contribution >= 0.6 is 11.6 Å². The first-order chi connectivity index (χ1) is 7.06. The van der Waals surface area contributed by atoms with Crippen LogP contribution in [0.5, 0.6) is 0 Å². The molecule has 0 bridgehead atoms. The van der Waals surface area contributed by atoms with Gasteiger partial charge in [-0.3, -0.25) is 0 Å². The summed E-state index contributed by atoms with van der Waals surface area (Å²) in [6.07, 6.45) is -1.28. The van der Waals surface area contributed by atoms with E-state index in [1.807, 2.05) is 0 Å². The lowest BCUT2D eigenvalue weighted by Gasteiger charge is -2.16. The summed E-state index contributed by atoms with van der Waals surface area (Å²) < 4.78 is 13.4. The molecule has 0 saturated heterocycles. The zero-order valence-electron chi connectivity index (χ0n) is 8.45. The molecule has 0 spiro atoms. The summed E-state index contributed by atoms with van der Waals surface area (Å²) >= 11 is 5.59. The van der Waals surface area contributed by atoms with Crippen LogP contribution < -0.4 is 0 Å². The van der Waals surface area contributed by atoms with E-state index in [4.69, 9.17) is 11.6 Å². The van der Waals surface area contributed by atoms with Crippen molar-refractivity contribution in [3.8, 4) is 0 Å². The SMILES string of the molecule is CCC(O)C(O)Cc1cccc(Cl)c1F. The average Bonchev–Trinajstić information content (AvgIpc) is 2.23. The van der Waals surface area contributed by atoms with Gasteiger partial charge in [0, 0.05) is 6.42 Å². The summed E-state index contributed by atoms with van der Waals surface area (Å²) in [5, 5.41) is 18.9. The van der Waals surface area contributed by atoms with Crippen LogP contribution in [0, 0.1) is 5.82 Å². The molecule has 0 fully saturated rings. The number of hydrogen-bond donors (Lipinski definition) is 2. The van der Waals surface area contributed by atoms with Gasteiger partial charge < -0.3 is 10.2 Å². The lowest BCUT2D eigenvalue weighted by atomic mass is 10.0. The highest BCUT2D eigenvalue weighted by Crippen LogP contribution is 2.19. The number of halogens is 2. The fraction of sp³-hybridized carbons (Fsp3) is 0.455. The second-order valence-electron chi connectivity index (χ2n) is 3.46. The zero-order valence-corrected chi connectivity index (χ0v) is 9.21. The highest BCUT2D eigenvalue weighted by molar-refractivity contribution is 6.30. The van der Waals surface area contributed by atoms with E-state index >= 15 is 0 Å². The Morgan fingerprint density at radius 1 is 1.33 bits per heavy atom. The van der Waals surface area contributed by atoms with Crippen LogP contribution in [-0.2, 0) is 6.42 Å². The normalized spacial score (nSPS) is 15.0. The molecule has 2 unspecified atom stereocenters. The van der Waals surface area contributed by atoms with Gasteiger partial charge in [0.05, 0.1) is 17.2 Å². The van der Waals surface area contributed by atoms with Crippen molar-refractivity contribution >= 4 is 11.6 Å². The molecule has 0 aliphatic carbocycles. The molecule has 4 heteroatoms. The maximum absolute atomic E-state index is 13.4. The van der Waals surface area contributed by atoms with Crippen LogP contribution in [0.4, 0.5) is 4.39 Å². The van der Waals surface area contributed by atoms with E-state index in [-0.39, 0.29) is 11.4 Å². The van der Waals surface area contributed by atoms with Crippen molar-refractivity contribution in [2.45, 2.75) is 32.0 Å². The van der Waals surface area contributed by atoms with Crippen molar-refractivity contribution in [3.63, 3.8) is 0 Å². The van der Waals surface area contributed by atoms with Crippen molar-refractivity contribution in [3.05, 3.63) is 34.6 Å². The molecule has 0 saturated carbocycles. The Hall–Kier alpha value is -0.640. The summed E-state index contributed by atoms with van der Waals surface area (Å²) in [4.78, 5) is 0. The molecular formula is C11H14ClFO2. The molecule has 1 aromatic rings. The van der Waals surface area contributed by atoms with Gasteiger partial charge in [0.15, 0.2) is 0 Å². The quantitative estimate of drug-likeness (QED) is 0.835. The van der Waals surface area contributed by atoms with Gasteiger partial charge in [0.1, 0.15) is 5.82 Å². The van der Waals surface area contributed by atoms with Crippen molar-refractivity contribution in [2.24, 2.45) is 0 Å². The summed E-state index contributed by atoms with van der Waals surface area (Å²) in [6.45, 7) is 1.75. The molecular weight excluding hydrogens is 219 g/mol. The van der Waals surface area contributed by atoms with Crippen molar-refractivity contribution in [1.82, 2.24) is 0 Å². The Kier molecular flexibility index (Phi) is 4.51. The Morgan fingerprint density at radius 2 is 2.00 bits per heavy atom. The van der Waals surface area contributed by atoms with Gasteiger partial charge in [-0.25, -0.2) is 4.39 Å². The maximum Gasteiger partial charge on any atom is 0.145 e. The predicted molar refractivity (Wildman–Crippen MR) is 57.4 cm³/mol. The van der Waals surface area contributed by atoms with Gasteiger partial charge in [0.2, 0.25) is 0 Å². The number of aliphatic hydroxyl groups excluding tert-OH is 2. The molecule has 0 amide bonds. The summed E-state index contributed by atoms with van der Waals surface area (Å²) in [5.74, 6) is -0.526. The van der Waals surface area contributed by atoms with Gasteiger partial charge >= 0.3 is 0 Å². The second-order valence-corrected chi connectivity index (χ2v) is 3.87. The third-order valence-electron chi connectivity index (χ3n) is 2.32. The standard InChI is InChI=1S/C11H14ClFO2/c1-2-9(14)10(15)6-7-4-3-5-8(12)11(7)13/h3-5,9-10,14-15H,2,6H2,1H3. The highest BCUT2D eigenvalue weighted by Gasteiger charge is 2.17. The summed E-state index contributed by atoms with van der Waals surface area (Å²) in [6, 6.07) is 4.61. The van der Waals surface area contributed by atoms with Crippen molar-refractivity contribution in [1.29, 1.82) is 0 Å². The van der Waals surface area contributed by atoms with Crippen LogP contribution in [0.25, 0.3) is 0 Å².